The summed E-state index contributed by atoms with van der Waals surface area (Å²) in [6.45, 7) is 1.07. The number of anilines is 2. The SMILES string of the molecule is CN1c2cc(Cl)ccc2NCC12CCC2. The largest absolute Gasteiger partial charge is 0.381 e. The molecule has 2 nitrogen and oxygen atoms in total. The van der Waals surface area contributed by atoms with E-state index in [1.54, 1.807) is 0 Å². The van der Waals surface area contributed by atoms with Crippen LogP contribution in [0, 0.1) is 0 Å². The van der Waals surface area contributed by atoms with Crippen LogP contribution in [0.4, 0.5) is 11.4 Å². The second kappa shape index (κ2) is 3.05. The number of rotatable bonds is 0. The summed E-state index contributed by atoms with van der Waals surface area (Å²) in [5, 5.41) is 4.33. The van der Waals surface area contributed by atoms with Gasteiger partial charge in [0.2, 0.25) is 0 Å². The van der Waals surface area contributed by atoms with E-state index >= 15 is 0 Å². The van der Waals surface area contributed by atoms with E-state index in [1.807, 2.05) is 6.07 Å². The Labute approximate surface area is 95.2 Å². The molecule has 80 valence electrons. The summed E-state index contributed by atoms with van der Waals surface area (Å²) in [6.07, 6.45) is 3.94. The molecule has 0 bridgehead atoms. The summed E-state index contributed by atoms with van der Waals surface area (Å²) in [5.74, 6) is 0. The van der Waals surface area contributed by atoms with Crippen LogP contribution in [0.25, 0.3) is 0 Å². The van der Waals surface area contributed by atoms with Gasteiger partial charge in [-0.3, -0.25) is 0 Å². The molecule has 0 atom stereocenters. The molecule has 1 aliphatic heterocycles. The maximum atomic E-state index is 6.04. The molecule has 1 saturated carbocycles. The third-order valence-corrected chi connectivity index (χ3v) is 4.16. The van der Waals surface area contributed by atoms with Crippen LogP contribution in [0.5, 0.6) is 0 Å². The van der Waals surface area contributed by atoms with Crippen molar-refractivity contribution in [2.24, 2.45) is 0 Å². The van der Waals surface area contributed by atoms with Gasteiger partial charge in [-0.2, -0.15) is 0 Å². The Morgan fingerprint density at radius 2 is 2.20 bits per heavy atom. The lowest BCUT2D eigenvalue weighted by Crippen LogP contribution is -2.59. The third-order valence-electron chi connectivity index (χ3n) is 3.92. The van der Waals surface area contributed by atoms with Crippen LogP contribution < -0.4 is 10.2 Å². The first-order chi connectivity index (χ1) is 7.21. The van der Waals surface area contributed by atoms with E-state index in [1.165, 1.54) is 30.6 Å². The van der Waals surface area contributed by atoms with Gasteiger partial charge in [0.05, 0.1) is 16.9 Å². The fraction of sp³-hybridized carbons (Fsp3) is 0.500. The highest BCUT2D eigenvalue weighted by Gasteiger charge is 2.43. The number of hydrogen-bond acceptors (Lipinski definition) is 2. The minimum atomic E-state index is 0.359. The monoisotopic (exact) mass is 222 g/mol. The quantitative estimate of drug-likeness (QED) is 0.726. The summed E-state index contributed by atoms with van der Waals surface area (Å²) in [6, 6.07) is 6.07. The second-order valence-electron chi connectivity index (χ2n) is 4.65. The zero-order valence-corrected chi connectivity index (χ0v) is 9.64. The highest BCUT2D eigenvalue weighted by Crippen LogP contribution is 2.45. The van der Waals surface area contributed by atoms with E-state index in [9.17, 15) is 0 Å². The van der Waals surface area contributed by atoms with Gasteiger partial charge in [0.1, 0.15) is 0 Å². The van der Waals surface area contributed by atoms with Crippen molar-refractivity contribution in [1.82, 2.24) is 0 Å². The topological polar surface area (TPSA) is 15.3 Å². The van der Waals surface area contributed by atoms with Crippen molar-refractivity contribution >= 4 is 23.0 Å². The Kier molecular flexibility index (Phi) is 1.90. The van der Waals surface area contributed by atoms with E-state index < -0.39 is 0 Å². The maximum absolute atomic E-state index is 6.04. The van der Waals surface area contributed by atoms with Crippen LogP contribution in [0.15, 0.2) is 18.2 Å². The summed E-state index contributed by atoms with van der Waals surface area (Å²) < 4.78 is 0. The van der Waals surface area contributed by atoms with Gasteiger partial charge in [0, 0.05) is 18.6 Å². The summed E-state index contributed by atoms with van der Waals surface area (Å²) in [5.41, 5.74) is 2.81. The van der Waals surface area contributed by atoms with Crippen molar-refractivity contribution < 1.29 is 0 Å². The van der Waals surface area contributed by atoms with Crippen LogP contribution >= 0.6 is 11.6 Å². The van der Waals surface area contributed by atoms with Crippen molar-refractivity contribution in [3.05, 3.63) is 23.2 Å². The molecule has 3 rings (SSSR count). The molecule has 15 heavy (non-hydrogen) atoms. The smallest absolute Gasteiger partial charge is 0.0619 e. The minimum absolute atomic E-state index is 0.359. The van der Waals surface area contributed by atoms with Crippen LogP contribution in [0.3, 0.4) is 0 Å². The first kappa shape index (κ1) is 9.34. The van der Waals surface area contributed by atoms with Gasteiger partial charge in [-0.1, -0.05) is 11.6 Å². The zero-order chi connectivity index (χ0) is 10.5. The Bertz CT molecular complexity index is 399. The lowest BCUT2D eigenvalue weighted by atomic mass is 9.74. The molecular formula is C12H15ClN2. The lowest BCUT2D eigenvalue weighted by Gasteiger charge is -2.53. The fourth-order valence-corrected chi connectivity index (χ4v) is 2.83. The predicted octanol–water partition coefficient (Wildman–Crippen LogP) is 3.12. The normalized spacial score (nSPS) is 21.9. The van der Waals surface area contributed by atoms with Gasteiger partial charge in [-0.15, -0.1) is 0 Å². The molecular weight excluding hydrogens is 208 g/mol. The van der Waals surface area contributed by atoms with Crippen LogP contribution in [0.1, 0.15) is 19.3 Å². The number of fused-ring (bicyclic) bond motifs is 1. The van der Waals surface area contributed by atoms with E-state index in [0.29, 0.717) is 5.54 Å². The Morgan fingerprint density at radius 1 is 1.40 bits per heavy atom. The number of hydrogen-bond donors (Lipinski definition) is 1. The van der Waals surface area contributed by atoms with Gasteiger partial charge in [0.25, 0.3) is 0 Å². The molecule has 0 unspecified atom stereocenters. The highest BCUT2D eigenvalue weighted by atomic mass is 35.5. The third kappa shape index (κ3) is 1.24. The Hall–Kier alpha value is -0.890. The van der Waals surface area contributed by atoms with Crippen LogP contribution in [-0.2, 0) is 0 Å². The van der Waals surface area contributed by atoms with Gasteiger partial charge in [-0.25, -0.2) is 0 Å². The van der Waals surface area contributed by atoms with E-state index in [4.69, 9.17) is 11.6 Å². The molecule has 1 fully saturated rings. The lowest BCUT2D eigenvalue weighted by molar-refractivity contribution is 0.249. The first-order valence-electron chi connectivity index (χ1n) is 5.49. The second-order valence-corrected chi connectivity index (χ2v) is 5.09. The van der Waals surface area contributed by atoms with E-state index in [2.05, 4.69) is 29.4 Å². The van der Waals surface area contributed by atoms with Gasteiger partial charge >= 0.3 is 0 Å². The van der Waals surface area contributed by atoms with Gasteiger partial charge < -0.3 is 10.2 Å². The predicted molar refractivity (Wildman–Crippen MR) is 64.9 cm³/mol. The van der Waals surface area contributed by atoms with E-state index in [0.717, 1.165) is 11.6 Å². The van der Waals surface area contributed by atoms with Crippen LogP contribution in [-0.4, -0.2) is 19.1 Å². The van der Waals surface area contributed by atoms with Crippen molar-refractivity contribution in [3.63, 3.8) is 0 Å². The molecule has 1 aliphatic carbocycles. The van der Waals surface area contributed by atoms with Crippen molar-refractivity contribution in [2.45, 2.75) is 24.8 Å². The van der Waals surface area contributed by atoms with Gasteiger partial charge in [0.15, 0.2) is 0 Å². The molecule has 1 heterocycles. The number of nitrogens with zero attached hydrogens (tertiary/aromatic N) is 1. The molecule has 3 heteroatoms. The number of likely N-dealkylation sites (N-methyl/N-ethyl adjacent to an activating group) is 1. The average molecular weight is 223 g/mol. The maximum Gasteiger partial charge on any atom is 0.0619 e. The molecule has 1 N–H and O–H groups in total. The van der Waals surface area contributed by atoms with Crippen molar-refractivity contribution in [2.75, 3.05) is 23.8 Å². The zero-order valence-electron chi connectivity index (χ0n) is 8.89. The van der Waals surface area contributed by atoms with E-state index in [-0.39, 0.29) is 0 Å². The summed E-state index contributed by atoms with van der Waals surface area (Å²) in [7, 11) is 2.19. The average Bonchev–Trinajstić information content (AvgIpc) is 2.17. The fourth-order valence-electron chi connectivity index (χ4n) is 2.66. The summed E-state index contributed by atoms with van der Waals surface area (Å²) in [4.78, 5) is 2.41. The summed E-state index contributed by atoms with van der Waals surface area (Å²) >= 11 is 6.04. The highest BCUT2D eigenvalue weighted by molar-refractivity contribution is 6.31. The minimum Gasteiger partial charge on any atom is -0.381 e. The van der Waals surface area contributed by atoms with Crippen molar-refractivity contribution in [1.29, 1.82) is 0 Å². The molecule has 1 aromatic rings. The van der Waals surface area contributed by atoms with Gasteiger partial charge in [-0.05, 0) is 37.5 Å². The molecule has 1 spiro atoms. The molecule has 0 amide bonds. The van der Waals surface area contributed by atoms with Crippen molar-refractivity contribution in [3.8, 4) is 0 Å². The molecule has 2 aliphatic rings. The standard InChI is InChI=1S/C12H15ClN2/c1-15-11-7-9(13)3-4-10(11)14-8-12(15)5-2-6-12/h3-4,7,14H,2,5-6,8H2,1H3. The van der Waals surface area contributed by atoms with Crippen LogP contribution in [0.2, 0.25) is 5.02 Å². The number of benzene rings is 1. The molecule has 0 saturated heterocycles. The first-order valence-corrected chi connectivity index (χ1v) is 5.86. The number of halogens is 1. The molecule has 0 radical (unpaired) electrons. The number of nitrogens with one attached hydrogen (secondary N) is 1. The molecule has 0 aromatic heterocycles. The Morgan fingerprint density at radius 3 is 2.87 bits per heavy atom. The molecule has 1 aromatic carbocycles. The Balaban J connectivity index is 2.04.